The molecule has 0 spiro atoms. The minimum Gasteiger partial charge on any atom is -0.329 e. The number of quaternary nitrogens is 1. The molecule has 2 aromatic carbocycles. The Morgan fingerprint density at radius 2 is 1.96 bits per heavy atom. The number of benzene rings is 2. The summed E-state index contributed by atoms with van der Waals surface area (Å²) in [5.41, 5.74) is 1.87. The number of likely N-dealkylation sites (N-methyl/N-ethyl adjacent to an activating group) is 1. The van der Waals surface area contributed by atoms with Gasteiger partial charge in [0.15, 0.2) is 6.54 Å². The smallest absolute Gasteiger partial charge is 0.279 e. The van der Waals surface area contributed by atoms with Crippen LogP contribution in [-0.4, -0.2) is 31.8 Å². The number of halogens is 2. The van der Waals surface area contributed by atoms with Gasteiger partial charge in [-0.05, 0) is 55.0 Å². The van der Waals surface area contributed by atoms with Gasteiger partial charge in [0.1, 0.15) is 5.82 Å². The van der Waals surface area contributed by atoms with Gasteiger partial charge in [0.2, 0.25) is 0 Å². The molecule has 1 amide bonds. The average molecular weight is 412 g/mol. The van der Waals surface area contributed by atoms with E-state index >= 15 is 0 Å². The second kappa shape index (κ2) is 9.20. The molecule has 6 heteroatoms. The van der Waals surface area contributed by atoms with Crippen LogP contribution in [0.5, 0.6) is 0 Å². The van der Waals surface area contributed by atoms with Gasteiger partial charge in [0.25, 0.3) is 5.91 Å². The molecule has 2 rings (SSSR count). The molecule has 2 N–H and O–H groups in total. The topological polar surface area (TPSA) is 33.5 Å². The van der Waals surface area contributed by atoms with Crippen molar-refractivity contribution in [2.75, 3.05) is 31.2 Å². The maximum absolute atomic E-state index is 12.8. The van der Waals surface area contributed by atoms with Crippen molar-refractivity contribution in [3.63, 3.8) is 0 Å². The van der Waals surface area contributed by atoms with E-state index in [1.807, 2.05) is 32.2 Å². The van der Waals surface area contributed by atoms with Crippen LogP contribution in [0, 0.1) is 12.7 Å². The minimum absolute atomic E-state index is 0.00436. The molecule has 0 aliphatic carbocycles. The molecule has 1 atom stereocenters. The van der Waals surface area contributed by atoms with Crippen molar-refractivity contribution >= 4 is 39.3 Å². The quantitative estimate of drug-likeness (QED) is 0.686. The van der Waals surface area contributed by atoms with Crippen LogP contribution in [0.3, 0.4) is 0 Å². The number of hydrogen-bond donors (Lipinski definition) is 2. The molecule has 0 aliphatic heterocycles. The highest BCUT2D eigenvalue weighted by Crippen LogP contribution is 2.19. The SMILES string of the molecule is Cc1cc(Br)ccc1NC(=O)C[NH+](C)CCSc1ccc(F)cc1. The van der Waals surface area contributed by atoms with Crippen molar-refractivity contribution in [1.82, 2.24) is 0 Å². The summed E-state index contributed by atoms with van der Waals surface area (Å²) in [6.45, 7) is 3.24. The lowest BCUT2D eigenvalue weighted by molar-refractivity contribution is -0.868. The van der Waals surface area contributed by atoms with Crippen LogP contribution < -0.4 is 10.2 Å². The number of carbonyl (C=O) groups is 1. The third-order valence-corrected chi connectivity index (χ3v) is 5.04. The number of thioether (sulfide) groups is 1. The van der Waals surface area contributed by atoms with Crippen molar-refractivity contribution < 1.29 is 14.1 Å². The lowest BCUT2D eigenvalue weighted by Gasteiger charge is -2.14. The summed E-state index contributed by atoms with van der Waals surface area (Å²) in [6.07, 6.45) is 0. The normalized spacial score (nSPS) is 12.0. The monoisotopic (exact) mass is 411 g/mol. The highest BCUT2D eigenvalue weighted by molar-refractivity contribution is 9.10. The minimum atomic E-state index is -0.220. The Balaban J connectivity index is 1.74. The molecule has 128 valence electrons. The Morgan fingerprint density at radius 3 is 2.62 bits per heavy atom. The molecule has 0 fully saturated rings. The van der Waals surface area contributed by atoms with E-state index in [0.717, 1.165) is 37.8 Å². The van der Waals surface area contributed by atoms with Gasteiger partial charge in [-0.25, -0.2) is 4.39 Å². The van der Waals surface area contributed by atoms with E-state index in [-0.39, 0.29) is 11.7 Å². The summed E-state index contributed by atoms with van der Waals surface area (Å²) in [6, 6.07) is 12.3. The maximum Gasteiger partial charge on any atom is 0.279 e. The zero-order chi connectivity index (χ0) is 17.5. The highest BCUT2D eigenvalue weighted by Gasteiger charge is 2.11. The third-order valence-electron chi connectivity index (χ3n) is 3.54. The Labute approximate surface area is 154 Å². The molecule has 0 radical (unpaired) electrons. The molecule has 1 unspecified atom stereocenters. The molecule has 0 aliphatic rings. The summed E-state index contributed by atoms with van der Waals surface area (Å²) >= 11 is 5.08. The van der Waals surface area contributed by atoms with Crippen molar-refractivity contribution in [1.29, 1.82) is 0 Å². The number of amides is 1. The van der Waals surface area contributed by atoms with Gasteiger partial charge in [-0.15, -0.1) is 11.8 Å². The van der Waals surface area contributed by atoms with Crippen LogP contribution in [0.1, 0.15) is 5.56 Å². The van der Waals surface area contributed by atoms with Crippen molar-refractivity contribution in [2.24, 2.45) is 0 Å². The summed E-state index contributed by atoms with van der Waals surface area (Å²) in [4.78, 5) is 14.3. The highest BCUT2D eigenvalue weighted by atomic mass is 79.9. The number of nitrogens with one attached hydrogen (secondary N) is 2. The first kappa shape index (κ1) is 19.0. The van der Waals surface area contributed by atoms with E-state index < -0.39 is 0 Å². The van der Waals surface area contributed by atoms with E-state index in [1.54, 1.807) is 23.9 Å². The fourth-order valence-electron chi connectivity index (χ4n) is 2.20. The van der Waals surface area contributed by atoms with Gasteiger partial charge >= 0.3 is 0 Å². The van der Waals surface area contributed by atoms with Gasteiger partial charge in [0.05, 0.1) is 13.6 Å². The van der Waals surface area contributed by atoms with E-state index in [9.17, 15) is 9.18 Å². The van der Waals surface area contributed by atoms with Crippen LogP contribution >= 0.6 is 27.7 Å². The van der Waals surface area contributed by atoms with Crippen molar-refractivity contribution in [2.45, 2.75) is 11.8 Å². The average Bonchev–Trinajstić information content (AvgIpc) is 2.52. The van der Waals surface area contributed by atoms with Gasteiger partial charge in [-0.3, -0.25) is 4.79 Å². The molecule has 0 saturated carbocycles. The number of aryl methyl sites for hydroxylation is 1. The molecule has 3 nitrogen and oxygen atoms in total. The molecular weight excluding hydrogens is 391 g/mol. The second-order valence-electron chi connectivity index (χ2n) is 5.69. The van der Waals surface area contributed by atoms with E-state index in [2.05, 4.69) is 21.2 Å². The molecular formula is C18H21BrFN2OS+. The lowest BCUT2D eigenvalue weighted by Crippen LogP contribution is -3.10. The first-order chi connectivity index (χ1) is 11.4. The number of anilines is 1. The third kappa shape index (κ3) is 6.26. The summed E-state index contributed by atoms with van der Waals surface area (Å²) in [5, 5.41) is 2.95. The fourth-order valence-corrected chi connectivity index (χ4v) is 3.69. The fraction of sp³-hybridized carbons (Fsp3) is 0.278. The number of hydrogen-bond acceptors (Lipinski definition) is 2. The first-order valence-corrected chi connectivity index (χ1v) is 9.47. The zero-order valence-electron chi connectivity index (χ0n) is 13.7. The van der Waals surface area contributed by atoms with Crippen molar-refractivity contribution in [3.05, 3.63) is 58.3 Å². The van der Waals surface area contributed by atoms with Crippen LogP contribution in [0.4, 0.5) is 10.1 Å². The maximum atomic E-state index is 12.8. The predicted octanol–water partition coefficient (Wildman–Crippen LogP) is 3.14. The first-order valence-electron chi connectivity index (χ1n) is 7.69. The van der Waals surface area contributed by atoms with Crippen LogP contribution in [0.15, 0.2) is 51.8 Å². The Morgan fingerprint density at radius 1 is 1.25 bits per heavy atom. The van der Waals surface area contributed by atoms with Crippen LogP contribution in [0.2, 0.25) is 0 Å². The van der Waals surface area contributed by atoms with Crippen molar-refractivity contribution in [3.8, 4) is 0 Å². The largest absolute Gasteiger partial charge is 0.329 e. The van der Waals surface area contributed by atoms with Crippen LogP contribution in [0.25, 0.3) is 0 Å². The van der Waals surface area contributed by atoms with E-state index in [1.165, 1.54) is 12.1 Å². The van der Waals surface area contributed by atoms with Crippen LogP contribution in [-0.2, 0) is 4.79 Å². The Hall–Kier alpha value is -1.37. The molecule has 0 saturated heterocycles. The molecule has 0 aromatic heterocycles. The Bertz CT molecular complexity index is 694. The second-order valence-corrected chi connectivity index (χ2v) is 7.78. The standard InChI is InChI=1S/C18H20BrFN2OS/c1-13-11-14(19)3-8-17(13)21-18(23)12-22(2)9-10-24-16-6-4-15(20)5-7-16/h3-8,11H,9-10,12H2,1-2H3,(H,21,23)/p+1. The van der Waals surface area contributed by atoms with E-state index in [4.69, 9.17) is 0 Å². The zero-order valence-corrected chi connectivity index (χ0v) is 16.1. The van der Waals surface area contributed by atoms with Gasteiger partial charge in [-0.1, -0.05) is 15.9 Å². The Kier molecular flexibility index (Phi) is 7.27. The van der Waals surface area contributed by atoms with Gasteiger partial charge < -0.3 is 10.2 Å². The number of rotatable bonds is 7. The lowest BCUT2D eigenvalue weighted by atomic mass is 10.2. The molecule has 0 bridgehead atoms. The molecule has 2 aromatic rings. The summed E-state index contributed by atoms with van der Waals surface area (Å²) in [5.74, 6) is 0.661. The predicted molar refractivity (Wildman–Crippen MR) is 101 cm³/mol. The van der Waals surface area contributed by atoms with E-state index in [0.29, 0.717) is 6.54 Å². The summed E-state index contributed by atoms with van der Waals surface area (Å²) < 4.78 is 13.8. The van der Waals surface area contributed by atoms with Gasteiger partial charge in [0, 0.05) is 20.8 Å². The van der Waals surface area contributed by atoms with Gasteiger partial charge in [-0.2, -0.15) is 0 Å². The molecule has 0 heterocycles. The molecule has 24 heavy (non-hydrogen) atoms. The number of carbonyl (C=O) groups excluding carboxylic acids is 1. The summed E-state index contributed by atoms with van der Waals surface area (Å²) in [7, 11) is 2.00.